The summed E-state index contributed by atoms with van der Waals surface area (Å²) in [6.07, 6.45) is 0. The molecular formula is C27H34FN3O4S. The molecule has 0 saturated heterocycles. The second kappa shape index (κ2) is 11.0. The van der Waals surface area contributed by atoms with Gasteiger partial charge >= 0.3 is 0 Å². The molecule has 2 aromatic heterocycles. The Balaban J connectivity index is 0.00000361. The molecule has 7 nitrogen and oxygen atoms in total. The van der Waals surface area contributed by atoms with Crippen LogP contribution in [-0.4, -0.2) is 30.9 Å². The zero-order valence-electron chi connectivity index (χ0n) is 21.2. The van der Waals surface area contributed by atoms with Gasteiger partial charge in [-0.3, -0.25) is 4.79 Å². The SMILES string of the molecule is CC(C)=C(C)c1nc(-c2cc(F)cc(OCC(C)C)c2)ccc1C(=O)NS(=O)(=O)c1cccc(C)n1.[HH].[HH]. The highest BCUT2D eigenvalue weighted by molar-refractivity contribution is 7.90. The number of aryl methyl sites for hydroxylation is 1. The number of hydrogen-bond donors (Lipinski definition) is 1. The lowest BCUT2D eigenvalue weighted by Gasteiger charge is -2.14. The Morgan fingerprint density at radius 2 is 1.81 bits per heavy atom. The lowest BCUT2D eigenvalue weighted by molar-refractivity contribution is 0.0980. The van der Waals surface area contributed by atoms with Gasteiger partial charge in [0, 0.05) is 20.2 Å². The molecule has 9 heteroatoms. The molecule has 0 radical (unpaired) electrons. The molecule has 0 aliphatic rings. The molecule has 1 N–H and O–H groups in total. The number of ether oxygens (including phenoxy) is 1. The Kier molecular flexibility index (Phi) is 8.24. The first kappa shape index (κ1) is 27.0. The maximum atomic E-state index is 14.4. The van der Waals surface area contributed by atoms with Crippen LogP contribution in [0, 0.1) is 18.7 Å². The van der Waals surface area contributed by atoms with Crippen molar-refractivity contribution in [3.8, 4) is 17.0 Å². The van der Waals surface area contributed by atoms with Gasteiger partial charge in [0.1, 0.15) is 11.6 Å². The number of hydrogen-bond acceptors (Lipinski definition) is 6. The molecule has 3 rings (SSSR count). The zero-order valence-corrected chi connectivity index (χ0v) is 22.0. The highest BCUT2D eigenvalue weighted by Crippen LogP contribution is 2.29. The van der Waals surface area contributed by atoms with Crippen LogP contribution in [0.3, 0.4) is 0 Å². The topological polar surface area (TPSA) is 98.2 Å². The molecule has 0 fully saturated rings. The van der Waals surface area contributed by atoms with Gasteiger partial charge in [-0.1, -0.05) is 25.5 Å². The largest absolute Gasteiger partial charge is 0.493 e. The van der Waals surface area contributed by atoms with E-state index < -0.39 is 21.7 Å². The van der Waals surface area contributed by atoms with Crippen molar-refractivity contribution in [1.29, 1.82) is 0 Å². The first-order valence-electron chi connectivity index (χ1n) is 11.5. The molecule has 36 heavy (non-hydrogen) atoms. The third kappa shape index (κ3) is 6.54. The normalized spacial score (nSPS) is 11.3. The minimum atomic E-state index is -4.20. The van der Waals surface area contributed by atoms with Crippen molar-refractivity contribution in [2.45, 2.75) is 46.6 Å². The molecule has 0 saturated carbocycles. The van der Waals surface area contributed by atoms with Crippen LogP contribution in [0.4, 0.5) is 4.39 Å². The van der Waals surface area contributed by atoms with Crippen molar-refractivity contribution in [2.24, 2.45) is 5.92 Å². The van der Waals surface area contributed by atoms with Crippen molar-refractivity contribution in [3.05, 3.63) is 76.9 Å². The summed E-state index contributed by atoms with van der Waals surface area (Å²) in [5.74, 6) is -0.675. The van der Waals surface area contributed by atoms with E-state index in [2.05, 4.69) is 14.7 Å². The molecular weight excluding hydrogens is 481 g/mol. The molecule has 194 valence electrons. The Bertz CT molecular complexity index is 1440. The summed E-state index contributed by atoms with van der Waals surface area (Å²) in [6, 6.07) is 11.9. The maximum Gasteiger partial charge on any atom is 0.281 e. The molecule has 0 atom stereocenters. The number of sulfonamides is 1. The standard InChI is InChI=1S/C27H30FN3O4S.2H2/c1-16(2)15-35-22-13-20(12-21(28)14-22)24-11-10-23(26(30-24)19(6)17(3)4)27(32)31-36(33,34)25-9-7-8-18(5)29-25;;/h7-14,16H,15H2,1-6H3,(H,31,32);2*1H. The van der Waals surface area contributed by atoms with E-state index in [1.54, 1.807) is 38.1 Å². The molecule has 0 aliphatic heterocycles. The molecule has 0 bridgehead atoms. The van der Waals surface area contributed by atoms with E-state index >= 15 is 0 Å². The summed E-state index contributed by atoms with van der Waals surface area (Å²) in [6.45, 7) is 11.6. The summed E-state index contributed by atoms with van der Waals surface area (Å²) < 4.78 is 47.7. The molecule has 0 unspecified atom stereocenters. The number of benzene rings is 1. The van der Waals surface area contributed by atoms with E-state index in [1.165, 1.54) is 24.3 Å². The van der Waals surface area contributed by atoms with Crippen LogP contribution in [0.2, 0.25) is 0 Å². The van der Waals surface area contributed by atoms with E-state index in [0.717, 1.165) is 5.57 Å². The Morgan fingerprint density at radius 1 is 1.08 bits per heavy atom. The Morgan fingerprint density at radius 3 is 2.44 bits per heavy atom. The van der Waals surface area contributed by atoms with E-state index in [0.29, 0.717) is 40.6 Å². The fourth-order valence-electron chi connectivity index (χ4n) is 3.28. The molecule has 0 aliphatic carbocycles. The molecule has 2 heterocycles. The van der Waals surface area contributed by atoms with Gasteiger partial charge in [0.2, 0.25) is 0 Å². The summed E-state index contributed by atoms with van der Waals surface area (Å²) >= 11 is 0. The molecule has 3 aromatic rings. The van der Waals surface area contributed by atoms with Gasteiger partial charge < -0.3 is 4.74 Å². The summed E-state index contributed by atoms with van der Waals surface area (Å²) in [5, 5.41) is -0.255. The van der Waals surface area contributed by atoms with Gasteiger partial charge in [0.25, 0.3) is 15.9 Å². The van der Waals surface area contributed by atoms with E-state index in [4.69, 9.17) is 4.74 Å². The number of nitrogens with one attached hydrogen (secondary N) is 1. The molecule has 0 spiro atoms. The van der Waals surface area contributed by atoms with Crippen LogP contribution >= 0.6 is 0 Å². The van der Waals surface area contributed by atoms with E-state index in [9.17, 15) is 17.6 Å². The van der Waals surface area contributed by atoms with Crippen LogP contribution in [-0.2, 0) is 10.0 Å². The summed E-state index contributed by atoms with van der Waals surface area (Å²) in [5.41, 5.74) is 3.34. The second-order valence-corrected chi connectivity index (χ2v) is 10.8. The number of carbonyl (C=O) groups excluding carboxylic acids is 1. The van der Waals surface area contributed by atoms with Crippen LogP contribution in [0.15, 0.2) is 59.1 Å². The van der Waals surface area contributed by atoms with Gasteiger partial charge in [0.15, 0.2) is 5.03 Å². The minimum absolute atomic E-state index is 0. The van der Waals surface area contributed by atoms with Crippen LogP contribution in [0.1, 0.15) is 59.2 Å². The number of rotatable bonds is 8. The summed E-state index contributed by atoms with van der Waals surface area (Å²) in [7, 11) is -4.20. The van der Waals surface area contributed by atoms with Crippen molar-refractivity contribution < 1.29 is 25.2 Å². The lowest BCUT2D eigenvalue weighted by Crippen LogP contribution is -2.32. The number of nitrogens with zero attached hydrogens (tertiary/aromatic N) is 2. The fraction of sp³-hybridized carbons (Fsp3) is 0.296. The first-order chi connectivity index (χ1) is 16.9. The second-order valence-electron chi connectivity index (χ2n) is 9.15. The van der Waals surface area contributed by atoms with Crippen molar-refractivity contribution >= 4 is 21.5 Å². The first-order valence-corrected chi connectivity index (χ1v) is 13.0. The number of halogens is 1. The smallest absolute Gasteiger partial charge is 0.281 e. The van der Waals surface area contributed by atoms with Gasteiger partial charge in [-0.2, -0.15) is 8.42 Å². The molecule has 1 amide bonds. The number of carbonyl (C=O) groups is 1. The van der Waals surface area contributed by atoms with Crippen LogP contribution in [0.5, 0.6) is 5.75 Å². The Hall–Kier alpha value is -3.59. The highest BCUT2D eigenvalue weighted by atomic mass is 32.2. The average molecular weight is 516 g/mol. The van der Waals surface area contributed by atoms with Crippen molar-refractivity contribution in [3.63, 3.8) is 0 Å². The summed E-state index contributed by atoms with van der Waals surface area (Å²) in [4.78, 5) is 21.7. The van der Waals surface area contributed by atoms with Gasteiger partial charge in [0.05, 0.1) is 23.6 Å². The number of allylic oxidation sites excluding steroid dienone is 2. The third-order valence-electron chi connectivity index (χ3n) is 5.36. The average Bonchev–Trinajstić information content (AvgIpc) is 2.81. The minimum Gasteiger partial charge on any atom is -0.493 e. The predicted octanol–water partition coefficient (Wildman–Crippen LogP) is 6.05. The van der Waals surface area contributed by atoms with Gasteiger partial charge in [-0.15, -0.1) is 0 Å². The van der Waals surface area contributed by atoms with Crippen molar-refractivity contribution in [1.82, 2.24) is 14.7 Å². The van der Waals surface area contributed by atoms with E-state index in [1.807, 2.05) is 27.7 Å². The quantitative estimate of drug-likeness (QED) is 0.392. The lowest BCUT2D eigenvalue weighted by atomic mass is 10.0. The third-order valence-corrected chi connectivity index (χ3v) is 6.59. The number of pyridine rings is 2. The van der Waals surface area contributed by atoms with Gasteiger partial charge in [-0.25, -0.2) is 19.1 Å². The highest BCUT2D eigenvalue weighted by Gasteiger charge is 2.24. The monoisotopic (exact) mass is 515 g/mol. The number of amides is 1. The maximum absolute atomic E-state index is 14.4. The van der Waals surface area contributed by atoms with Crippen LogP contribution < -0.4 is 9.46 Å². The van der Waals surface area contributed by atoms with Crippen LogP contribution in [0.25, 0.3) is 16.8 Å². The van der Waals surface area contributed by atoms with E-state index in [-0.39, 0.29) is 19.4 Å². The molecule has 1 aromatic carbocycles. The Labute approximate surface area is 214 Å². The zero-order chi connectivity index (χ0) is 26.6. The van der Waals surface area contributed by atoms with Crippen molar-refractivity contribution in [2.75, 3.05) is 6.61 Å². The van der Waals surface area contributed by atoms with Gasteiger partial charge in [-0.05, 0) is 75.6 Å². The fourth-order valence-corrected chi connectivity index (χ4v) is 4.26. The number of aromatic nitrogens is 2. The predicted molar refractivity (Wildman–Crippen MR) is 142 cm³/mol.